The standard InChI is InChI=1S/C19H17N3O/c1-22-9-8-14-10-15(6-7-18(14)22)19(23)21-16-11-13-4-2-3-5-17(13)20-12-16/h2-7,10-12H,8-9H2,1H3,(H,21,23). The summed E-state index contributed by atoms with van der Waals surface area (Å²) in [4.78, 5) is 19.1. The number of nitrogens with one attached hydrogen (secondary N) is 1. The summed E-state index contributed by atoms with van der Waals surface area (Å²) in [6, 6.07) is 15.7. The van der Waals surface area contributed by atoms with Crippen LogP contribution in [0.15, 0.2) is 54.7 Å². The number of aromatic nitrogens is 1. The van der Waals surface area contributed by atoms with Gasteiger partial charge in [-0.1, -0.05) is 18.2 Å². The second kappa shape index (κ2) is 5.39. The molecule has 0 bridgehead atoms. The summed E-state index contributed by atoms with van der Waals surface area (Å²) < 4.78 is 0. The molecule has 0 saturated carbocycles. The van der Waals surface area contributed by atoms with Crippen molar-refractivity contribution >= 4 is 28.2 Å². The molecule has 0 radical (unpaired) electrons. The zero-order valence-electron chi connectivity index (χ0n) is 12.9. The first-order valence-corrected chi connectivity index (χ1v) is 7.71. The van der Waals surface area contributed by atoms with Crippen molar-refractivity contribution < 1.29 is 4.79 Å². The highest BCUT2D eigenvalue weighted by molar-refractivity contribution is 6.05. The minimum Gasteiger partial charge on any atom is -0.374 e. The van der Waals surface area contributed by atoms with Crippen LogP contribution < -0.4 is 10.2 Å². The highest BCUT2D eigenvalue weighted by atomic mass is 16.1. The van der Waals surface area contributed by atoms with E-state index in [1.165, 1.54) is 11.3 Å². The third-order valence-electron chi connectivity index (χ3n) is 4.32. The average molecular weight is 303 g/mol. The smallest absolute Gasteiger partial charge is 0.255 e. The summed E-state index contributed by atoms with van der Waals surface area (Å²) in [5.41, 5.74) is 4.77. The number of carbonyl (C=O) groups excluding carboxylic acids is 1. The molecule has 4 nitrogen and oxygen atoms in total. The average Bonchev–Trinajstić information content (AvgIpc) is 2.95. The van der Waals surface area contributed by atoms with E-state index in [1.807, 2.05) is 48.5 Å². The van der Waals surface area contributed by atoms with Crippen molar-refractivity contribution in [2.45, 2.75) is 6.42 Å². The lowest BCUT2D eigenvalue weighted by molar-refractivity contribution is 0.102. The van der Waals surface area contributed by atoms with Crippen LogP contribution >= 0.6 is 0 Å². The molecule has 0 aliphatic carbocycles. The van der Waals surface area contributed by atoms with Crippen molar-refractivity contribution in [3.05, 3.63) is 65.9 Å². The summed E-state index contributed by atoms with van der Waals surface area (Å²) in [7, 11) is 2.08. The van der Waals surface area contributed by atoms with Crippen LogP contribution in [0.3, 0.4) is 0 Å². The lowest BCUT2D eigenvalue weighted by atomic mass is 10.1. The van der Waals surface area contributed by atoms with Crippen LogP contribution in [0.4, 0.5) is 11.4 Å². The maximum atomic E-state index is 12.5. The molecule has 1 aromatic heterocycles. The van der Waals surface area contributed by atoms with Gasteiger partial charge in [-0.25, -0.2) is 0 Å². The molecule has 0 saturated heterocycles. The van der Waals surface area contributed by atoms with Crippen molar-refractivity contribution in [3.8, 4) is 0 Å². The topological polar surface area (TPSA) is 45.2 Å². The Morgan fingerprint density at radius 3 is 2.96 bits per heavy atom. The largest absolute Gasteiger partial charge is 0.374 e. The van der Waals surface area contributed by atoms with E-state index in [1.54, 1.807) is 6.20 Å². The minimum atomic E-state index is -0.0977. The molecule has 2 heterocycles. The molecule has 0 unspecified atom stereocenters. The first-order valence-electron chi connectivity index (χ1n) is 7.71. The van der Waals surface area contributed by atoms with E-state index in [9.17, 15) is 4.79 Å². The van der Waals surface area contributed by atoms with Crippen molar-refractivity contribution in [1.29, 1.82) is 0 Å². The number of pyridine rings is 1. The Kier molecular flexibility index (Phi) is 3.23. The van der Waals surface area contributed by atoms with Gasteiger partial charge in [0.2, 0.25) is 0 Å². The SMILES string of the molecule is CN1CCc2cc(C(=O)Nc3cnc4ccccc4c3)ccc21. The van der Waals surface area contributed by atoms with Gasteiger partial charge in [-0.15, -0.1) is 0 Å². The predicted molar refractivity (Wildman–Crippen MR) is 93.1 cm³/mol. The Balaban J connectivity index is 1.59. The molecule has 0 fully saturated rings. The first kappa shape index (κ1) is 13.8. The molecule has 3 aromatic rings. The maximum Gasteiger partial charge on any atom is 0.255 e. The van der Waals surface area contributed by atoms with Gasteiger partial charge in [-0.05, 0) is 42.3 Å². The molecule has 1 amide bonds. The zero-order chi connectivity index (χ0) is 15.8. The quantitative estimate of drug-likeness (QED) is 0.788. The van der Waals surface area contributed by atoms with Crippen LogP contribution in [0.2, 0.25) is 0 Å². The number of carbonyl (C=O) groups is 1. The lowest BCUT2D eigenvalue weighted by Gasteiger charge is -2.12. The van der Waals surface area contributed by atoms with Crippen molar-refractivity contribution in [3.63, 3.8) is 0 Å². The van der Waals surface area contributed by atoms with Crippen molar-refractivity contribution in [2.75, 3.05) is 23.8 Å². The molecule has 4 rings (SSSR count). The molecule has 4 heteroatoms. The number of anilines is 2. The number of likely N-dealkylation sites (N-methyl/N-ethyl adjacent to an activating group) is 1. The molecule has 0 atom stereocenters. The van der Waals surface area contributed by atoms with E-state index in [4.69, 9.17) is 0 Å². The van der Waals surface area contributed by atoms with E-state index >= 15 is 0 Å². The normalized spacial score (nSPS) is 13.2. The lowest BCUT2D eigenvalue weighted by Crippen LogP contribution is -2.13. The molecular formula is C19H17N3O. The Hall–Kier alpha value is -2.88. The Morgan fingerprint density at radius 1 is 1.17 bits per heavy atom. The van der Waals surface area contributed by atoms with E-state index in [-0.39, 0.29) is 5.91 Å². The van der Waals surface area contributed by atoms with E-state index in [0.29, 0.717) is 11.3 Å². The van der Waals surface area contributed by atoms with Crippen LogP contribution in [0, 0.1) is 0 Å². The number of hydrogen-bond donors (Lipinski definition) is 1. The summed E-state index contributed by atoms with van der Waals surface area (Å²) >= 11 is 0. The highest BCUT2D eigenvalue weighted by Crippen LogP contribution is 2.27. The molecule has 23 heavy (non-hydrogen) atoms. The van der Waals surface area contributed by atoms with Gasteiger partial charge in [0, 0.05) is 30.2 Å². The highest BCUT2D eigenvalue weighted by Gasteiger charge is 2.17. The van der Waals surface area contributed by atoms with Gasteiger partial charge >= 0.3 is 0 Å². The monoisotopic (exact) mass is 303 g/mol. The van der Waals surface area contributed by atoms with Gasteiger partial charge in [-0.2, -0.15) is 0 Å². The van der Waals surface area contributed by atoms with Gasteiger partial charge in [0.1, 0.15) is 0 Å². The molecule has 1 N–H and O–H groups in total. The molecule has 1 aliphatic heterocycles. The molecule has 1 aliphatic rings. The van der Waals surface area contributed by atoms with Crippen LogP contribution in [-0.2, 0) is 6.42 Å². The van der Waals surface area contributed by atoms with E-state index < -0.39 is 0 Å². The predicted octanol–water partition coefficient (Wildman–Crippen LogP) is 3.48. The van der Waals surface area contributed by atoms with Crippen LogP contribution in [0.1, 0.15) is 15.9 Å². The summed E-state index contributed by atoms with van der Waals surface area (Å²) in [6.07, 6.45) is 2.69. The van der Waals surface area contributed by atoms with Gasteiger partial charge in [-0.3, -0.25) is 9.78 Å². The van der Waals surface area contributed by atoms with E-state index in [2.05, 4.69) is 22.2 Å². The Labute approximate surface area is 134 Å². The number of amides is 1. The van der Waals surface area contributed by atoms with Crippen LogP contribution in [-0.4, -0.2) is 24.5 Å². The fraction of sp³-hybridized carbons (Fsp3) is 0.158. The Bertz CT molecular complexity index is 904. The maximum absolute atomic E-state index is 12.5. The summed E-state index contributed by atoms with van der Waals surface area (Å²) in [5.74, 6) is -0.0977. The van der Waals surface area contributed by atoms with Crippen molar-refractivity contribution in [1.82, 2.24) is 4.98 Å². The number of para-hydroxylation sites is 1. The molecule has 114 valence electrons. The second-order valence-electron chi connectivity index (χ2n) is 5.89. The van der Waals surface area contributed by atoms with Crippen LogP contribution in [0.5, 0.6) is 0 Å². The van der Waals surface area contributed by atoms with Crippen LogP contribution in [0.25, 0.3) is 10.9 Å². The fourth-order valence-electron chi connectivity index (χ4n) is 3.05. The first-order chi connectivity index (χ1) is 11.2. The van der Waals surface area contributed by atoms with Gasteiger partial charge in [0.15, 0.2) is 0 Å². The van der Waals surface area contributed by atoms with Gasteiger partial charge in [0.05, 0.1) is 17.4 Å². The third-order valence-corrected chi connectivity index (χ3v) is 4.32. The molecule has 0 spiro atoms. The van der Waals surface area contributed by atoms with Gasteiger partial charge in [0.25, 0.3) is 5.91 Å². The Morgan fingerprint density at radius 2 is 2.04 bits per heavy atom. The van der Waals surface area contributed by atoms with Crippen molar-refractivity contribution in [2.24, 2.45) is 0 Å². The third kappa shape index (κ3) is 2.52. The second-order valence-corrected chi connectivity index (χ2v) is 5.89. The minimum absolute atomic E-state index is 0.0977. The fourth-order valence-corrected chi connectivity index (χ4v) is 3.05. The summed E-state index contributed by atoms with van der Waals surface area (Å²) in [6.45, 7) is 1.01. The zero-order valence-corrected chi connectivity index (χ0v) is 12.9. The number of fused-ring (bicyclic) bond motifs is 2. The van der Waals surface area contributed by atoms with E-state index in [0.717, 1.165) is 23.9 Å². The molecular weight excluding hydrogens is 286 g/mol. The molecule has 2 aromatic carbocycles. The van der Waals surface area contributed by atoms with Gasteiger partial charge < -0.3 is 10.2 Å². The number of rotatable bonds is 2. The number of hydrogen-bond acceptors (Lipinski definition) is 3. The summed E-state index contributed by atoms with van der Waals surface area (Å²) in [5, 5.41) is 3.95. The number of nitrogens with zero attached hydrogens (tertiary/aromatic N) is 2. The number of benzene rings is 2.